The van der Waals surface area contributed by atoms with Crippen molar-refractivity contribution in [3.05, 3.63) is 71.1 Å². The minimum absolute atomic E-state index is 0.199. The van der Waals surface area contributed by atoms with Crippen LogP contribution in [0.1, 0.15) is 30.5 Å². The molecule has 6 nitrogen and oxygen atoms in total. The van der Waals surface area contributed by atoms with Crippen molar-refractivity contribution >= 4 is 33.4 Å². The van der Waals surface area contributed by atoms with E-state index >= 15 is 0 Å². The molecule has 0 spiro atoms. The second-order valence-corrected chi connectivity index (χ2v) is 7.87. The number of rotatable bonds is 8. The third-order valence-electron chi connectivity index (χ3n) is 4.79. The number of carbonyl (C=O) groups excluding carboxylic acids is 2. The molecule has 2 aromatic carbocycles. The Kier molecular flexibility index (Phi) is 7.41. The lowest BCUT2D eigenvalue weighted by Crippen LogP contribution is -2.51. The Labute approximate surface area is 179 Å². The summed E-state index contributed by atoms with van der Waals surface area (Å²) in [5.41, 5.74) is 1.99. The van der Waals surface area contributed by atoms with Gasteiger partial charge in [0, 0.05) is 17.7 Å². The van der Waals surface area contributed by atoms with E-state index in [1.165, 1.54) is 0 Å². The number of benzene rings is 2. The molecule has 0 aliphatic heterocycles. The van der Waals surface area contributed by atoms with Gasteiger partial charge >= 0.3 is 6.03 Å². The summed E-state index contributed by atoms with van der Waals surface area (Å²) in [6.07, 6.45) is 0.590. The van der Waals surface area contributed by atoms with Gasteiger partial charge in [0.2, 0.25) is 5.91 Å². The minimum Gasteiger partial charge on any atom is -0.353 e. The van der Waals surface area contributed by atoms with Gasteiger partial charge in [0.25, 0.3) is 0 Å². The van der Waals surface area contributed by atoms with Gasteiger partial charge in [0.15, 0.2) is 0 Å². The molecule has 154 valence electrons. The summed E-state index contributed by atoms with van der Waals surface area (Å²) >= 11 is 1.61. The highest BCUT2D eigenvalue weighted by molar-refractivity contribution is 7.17. The number of amides is 3. The topological polar surface area (TPSA) is 94.0 Å². The highest BCUT2D eigenvalue weighted by atomic mass is 32.1. The van der Waals surface area contributed by atoms with Crippen LogP contribution in [0.3, 0.4) is 0 Å². The van der Waals surface area contributed by atoms with Crippen LogP contribution in [0.2, 0.25) is 0 Å². The standard InChI is InChI=1S/C23H24N4O2S/c1-16(17-8-3-2-4-9-17)26-23(29)27-20(22(28)25-13-7-12-24)14-18-15-30-21-11-6-5-10-19(18)21/h2-6,8-11,15-16,20H,7,13-14H2,1H3,(H,25,28)(H2,26,27,29). The van der Waals surface area contributed by atoms with Crippen molar-refractivity contribution in [1.82, 2.24) is 16.0 Å². The summed E-state index contributed by atoms with van der Waals surface area (Å²) < 4.78 is 1.14. The molecule has 30 heavy (non-hydrogen) atoms. The molecule has 2 atom stereocenters. The number of nitrogens with zero attached hydrogens (tertiary/aromatic N) is 1. The molecule has 0 aliphatic carbocycles. The largest absolute Gasteiger partial charge is 0.353 e. The van der Waals surface area contributed by atoms with Crippen LogP contribution in [-0.4, -0.2) is 24.5 Å². The first kappa shape index (κ1) is 21.3. The molecule has 1 aromatic heterocycles. The van der Waals surface area contributed by atoms with E-state index in [-0.39, 0.29) is 24.9 Å². The maximum absolute atomic E-state index is 12.7. The van der Waals surface area contributed by atoms with Crippen LogP contribution in [0.4, 0.5) is 4.79 Å². The smallest absolute Gasteiger partial charge is 0.315 e. The molecule has 3 amide bonds. The van der Waals surface area contributed by atoms with Gasteiger partial charge < -0.3 is 16.0 Å². The highest BCUT2D eigenvalue weighted by Gasteiger charge is 2.23. The Morgan fingerprint density at radius 1 is 1.07 bits per heavy atom. The fourth-order valence-electron chi connectivity index (χ4n) is 3.21. The monoisotopic (exact) mass is 420 g/mol. The van der Waals surface area contributed by atoms with Crippen molar-refractivity contribution in [3.8, 4) is 6.07 Å². The minimum atomic E-state index is -0.746. The van der Waals surface area contributed by atoms with Crippen LogP contribution in [0.25, 0.3) is 10.1 Å². The number of hydrogen-bond acceptors (Lipinski definition) is 4. The van der Waals surface area contributed by atoms with Crippen LogP contribution in [0.5, 0.6) is 0 Å². The molecular formula is C23H24N4O2S. The summed E-state index contributed by atoms with van der Waals surface area (Å²) in [5.74, 6) is -0.303. The van der Waals surface area contributed by atoms with E-state index in [4.69, 9.17) is 5.26 Å². The summed E-state index contributed by atoms with van der Waals surface area (Å²) in [7, 11) is 0. The van der Waals surface area contributed by atoms with Gasteiger partial charge in [-0.25, -0.2) is 4.79 Å². The molecule has 0 aliphatic rings. The number of hydrogen-bond donors (Lipinski definition) is 3. The number of thiophene rings is 1. The van der Waals surface area contributed by atoms with E-state index in [1.54, 1.807) is 11.3 Å². The Morgan fingerprint density at radius 2 is 1.80 bits per heavy atom. The Balaban J connectivity index is 1.71. The fraction of sp³-hybridized carbons (Fsp3) is 0.261. The number of carbonyl (C=O) groups is 2. The van der Waals surface area contributed by atoms with Crippen molar-refractivity contribution in [2.24, 2.45) is 0 Å². The third-order valence-corrected chi connectivity index (χ3v) is 5.80. The Morgan fingerprint density at radius 3 is 2.57 bits per heavy atom. The van der Waals surface area contributed by atoms with E-state index < -0.39 is 12.1 Å². The average molecular weight is 421 g/mol. The lowest BCUT2D eigenvalue weighted by Gasteiger charge is -2.21. The quantitative estimate of drug-likeness (QED) is 0.482. The predicted molar refractivity (Wildman–Crippen MR) is 119 cm³/mol. The first-order valence-electron chi connectivity index (χ1n) is 9.80. The molecule has 7 heteroatoms. The van der Waals surface area contributed by atoms with Crippen LogP contribution in [0.15, 0.2) is 60.0 Å². The maximum Gasteiger partial charge on any atom is 0.315 e. The van der Waals surface area contributed by atoms with Crippen molar-refractivity contribution in [1.29, 1.82) is 5.26 Å². The van der Waals surface area contributed by atoms with Crippen molar-refractivity contribution in [2.45, 2.75) is 31.8 Å². The lowest BCUT2D eigenvalue weighted by atomic mass is 10.0. The lowest BCUT2D eigenvalue weighted by molar-refractivity contribution is -0.122. The van der Waals surface area contributed by atoms with Gasteiger partial charge in [0.05, 0.1) is 18.5 Å². The van der Waals surface area contributed by atoms with Crippen LogP contribution < -0.4 is 16.0 Å². The molecule has 2 unspecified atom stereocenters. The van der Waals surface area contributed by atoms with Gasteiger partial charge in [-0.3, -0.25) is 4.79 Å². The molecule has 3 N–H and O–H groups in total. The average Bonchev–Trinajstić information content (AvgIpc) is 3.17. The number of urea groups is 1. The predicted octanol–water partition coefficient (Wildman–Crippen LogP) is 3.90. The number of fused-ring (bicyclic) bond motifs is 1. The molecule has 0 radical (unpaired) electrons. The highest BCUT2D eigenvalue weighted by Crippen LogP contribution is 2.26. The van der Waals surface area contributed by atoms with Gasteiger partial charge in [0.1, 0.15) is 6.04 Å². The van der Waals surface area contributed by atoms with E-state index in [9.17, 15) is 9.59 Å². The van der Waals surface area contributed by atoms with E-state index in [0.29, 0.717) is 6.42 Å². The second kappa shape index (κ2) is 10.4. The van der Waals surface area contributed by atoms with Crippen LogP contribution >= 0.6 is 11.3 Å². The fourth-order valence-corrected chi connectivity index (χ4v) is 4.18. The molecule has 0 fully saturated rings. The third kappa shape index (κ3) is 5.58. The van der Waals surface area contributed by atoms with Crippen LogP contribution in [0, 0.1) is 11.3 Å². The van der Waals surface area contributed by atoms with Gasteiger partial charge in [-0.1, -0.05) is 48.5 Å². The summed E-state index contributed by atoms with van der Waals surface area (Å²) in [6.45, 7) is 2.14. The first-order valence-corrected chi connectivity index (χ1v) is 10.7. The van der Waals surface area contributed by atoms with Gasteiger partial charge in [-0.2, -0.15) is 5.26 Å². The molecular weight excluding hydrogens is 396 g/mol. The molecule has 3 aromatic rings. The normalized spacial score (nSPS) is 12.5. The van der Waals surface area contributed by atoms with E-state index in [1.807, 2.05) is 73.0 Å². The van der Waals surface area contributed by atoms with E-state index in [0.717, 1.165) is 21.2 Å². The van der Waals surface area contributed by atoms with Crippen molar-refractivity contribution < 1.29 is 9.59 Å². The first-order chi connectivity index (χ1) is 14.6. The van der Waals surface area contributed by atoms with Gasteiger partial charge in [-0.15, -0.1) is 11.3 Å². The number of nitriles is 1. The number of nitrogens with one attached hydrogen (secondary N) is 3. The summed E-state index contributed by atoms with van der Waals surface area (Å²) in [6, 6.07) is 18.3. The zero-order valence-corrected chi connectivity index (χ0v) is 17.5. The zero-order valence-electron chi connectivity index (χ0n) is 16.7. The molecule has 0 bridgehead atoms. The van der Waals surface area contributed by atoms with Gasteiger partial charge in [-0.05, 0) is 34.9 Å². The van der Waals surface area contributed by atoms with E-state index in [2.05, 4.69) is 16.0 Å². The Bertz CT molecular complexity index is 1040. The second-order valence-electron chi connectivity index (χ2n) is 6.96. The molecule has 0 saturated heterocycles. The Hall–Kier alpha value is -3.37. The SMILES string of the molecule is CC(NC(=O)NC(Cc1csc2ccccc12)C(=O)NCCC#N)c1ccccc1. The zero-order chi connectivity index (χ0) is 21.3. The summed E-state index contributed by atoms with van der Waals surface area (Å²) in [5, 5.41) is 20.2. The van der Waals surface area contributed by atoms with Crippen LogP contribution in [-0.2, 0) is 11.2 Å². The molecule has 3 rings (SSSR count). The van der Waals surface area contributed by atoms with Crippen molar-refractivity contribution in [3.63, 3.8) is 0 Å². The van der Waals surface area contributed by atoms with Crippen molar-refractivity contribution in [2.75, 3.05) is 6.54 Å². The molecule has 0 saturated carbocycles. The summed E-state index contributed by atoms with van der Waals surface area (Å²) in [4.78, 5) is 25.3. The molecule has 1 heterocycles. The maximum atomic E-state index is 12.7.